The van der Waals surface area contributed by atoms with Gasteiger partial charge in [-0.3, -0.25) is 4.79 Å². The number of nitrogens with zero attached hydrogens (tertiary/aromatic N) is 1. The molecule has 0 bridgehead atoms. The maximum absolute atomic E-state index is 12.4. The fraction of sp³-hybridized carbons (Fsp3) is 0.192. The molecule has 0 saturated carbocycles. The summed E-state index contributed by atoms with van der Waals surface area (Å²) in [5.74, 6) is 0.329. The monoisotopic (exact) mass is 480 g/mol. The van der Waals surface area contributed by atoms with Crippen LogP contribution in [0.2, 0.25) is 5.02 Å². The summed E-state index contributed by atoms with van der Waals surface area (Å²) in [4.78, 5) is 24.4. The van der Waals surface area contributed by atoms with E-state index in [0.29, 0.717) is 34.3 Å². The van der Waals surface area contributed by atoms with Crippen molar-refractivity contribution in [1.82, 2.24) is 5.43 Å². The van der Waals surface area contributed by atoms with Gasteiger partial charge in [-0.25, -0.2) is 10.2 Å². The van der Waals surface area contributed by atoms with E-state index in [-0.39, 0.29) is 12.4 Å². The molecular weight excluding hydrogens is 456 g/mol. The molecule has 8 heteroatoms. The van der Waals surface area contributed by atoms with Gasteiger partial charge in [0.05, 0.1) is 18.4 Å². The van der Waals surface area contributed by atoms with Crippen molar-refractivity contribution in [3.8, 4) is 17.2 Å². The number of nitrogens with one attached hydrogen (secondary N) is 1. The topological polar surface area (TPSA) is 86.2 Å². The molecule has 7 nitrogen and oxygen atoms in total. The number of hydrogen-bond acceptors (Lipinski definition) is 6. The van der Waals surface area contributed by atoms with Crippen LogP contribution in [0.25, 0.3) is 0 Å². The van der Waals surface area contributed by atoms with Crippen LogP contribution in [0, 0.1) is 0 Å². The van der Waals surface area contributed by atoms with Crippen LogP contribution in [0.4, 0.5) is 0 Å². The Morgan fingerprint density at radius 2 is 1.68 bits per heavy atom. The van der Waals surface area contributed by atoms with Crippen LogP contribution in [0.5, 0.6) is 17.2 Å². The van der Waals surface area contributed by atoms with E-state index >= 15 is 0 Å². The van der Waals surface area contributed by atoms with Gasteiger partial charge < -0.3 is 14.2 Å². The standard InChI is InChI=1S/C26H25ClN2O5/c1-3-18-5-12-22(13-6-18)33-17-25(30)29-28-16-19-7-14-23(24(15-19)32-4-2)34-26(31)20-8-10-21(27)11-9-20/h5-16H,3-4,17H2,1-2H3,(H,29,30)/b28-16-. The highest BCUT2D eigenvalue weighted by atomic mass is 35.5. The van der Waals surface area contributed by atoms with Crippen molar-refractivity contribution in [1.29, 1.82) is 0 Å². The van der Waals surface area contributed by atoms with Gasteiger partial charge in [-0.15, -0.1) is 0 Å². The predicted molar refractivity (Wildman–Crippen MR) is 131 cm³/mol. The van der Waals surface area contributed by atoms with Crippen molar-refractivity contribution in [2.45, 2.75) is 20.3 Å². The van der Waals surface area contributed by atoms with Crippen LogP contribution >= 0.6 is 11.6 Å². The molecule has 0 fully saturated rings. The third-order valence-corrected chi connectivity index (χ3v) is 4.91. The second-order valence-electron chi connectivity index (χ2n) is 7.11. The van der Waals surface area contributed by atoms with E-state index in [1.807, 2.05) is 31.2 Å². The molecule has 34 heavy (non-hydrogen) atoms. The fourth-order valence-corrected chi connectivity index (χ4v) is 3.01. The van der Waals surface area contributed by atoms with Crippen molar-refractivity contribution in [2.75, 3.05) is 13.2 Å². The Bertz CT molecular complexity index is 1140. The summed E-state index contributed by atoms with van der Waals surface area (Å²) >= 11 is 5.86. The largest absolute Gasteiger partial charge is 0.490 e. The lowest BCUT2D eigenvalue weighted by atomic mass is 10.2. The molecule has 0 aliphatic rings. The van der Waals surface area contributed by atoms with Crippen molar-refractivity contribution >= 4 is 29.7 Å². The zero-order chi connectivity index (χ0) is 24.3. The molecule has 1 amide bonds. The molecule has 0 heterocycles. The molecule has 176 valence electrons. The Morgan fingerprint density at radius 1 is 0.941 bits per heavy atom. The molecule has 1 N–H and O–H groups in total. The summed E-state index contributed by atoms with van der Waals surface area (Å²) < 4.78 is 16.5. The number of rotatable bonds is 10. The highest BCUT2D eigenvalue weighted by molar-refractivity contribution is 6.30. The molecule has 3 aromatic carbocycles. The molecule has 0 spiro atoms. The number of esters is 1. The van der Waals surface area contributed by atoms with E-state index in [9.17, 15) is 9.59 Å². The Hall–Kier alpha value is -3.84. The Balaban J connectivity index is 1.57. The van der Waals surface area contributed by atoms with Crippen LogP contribution < -0.4 is 19.6 Å². The highest BCUT2D eigenvalue weighted by Crippen LogP contribution is 2.29. The number of hydrazone groups is 1. The first-order chi connectivity index (χ1) is 16.5. The van der Waals surface area contributed by atoms with Gasteiger partial charge in [0, 0.05) is 5.02 Å². The summed E-state index contributed by atoms with van der Waals surface area (Å²) in [6.45, 7) is 4.10. The van der Waals surface area contributed by atoms with E-state index in [2.05, 4.69) is 17.5 Å². The molecule has 0 aliphatic carbocycles. The molecule has 3 rings (SSSR count). The van der Waals surface area contributed by atoms with Crippen molar-refractivity contribution in [3.05, 3.63) is 88.4 Å². The Kier molecular flexibility index (Phi) is 9.05. The Labute approximate surface area is 203 Å². The van der Waals surface area contributed by atoms with Crippen LogP contribution in [-0.2, 0) is 11.2 Å². The van der Waals surface area contributed by atoms with E-state index in [4.69, 9.17) is 25.8 Å². The molecule has 3 aromatic rings. The SMILES string of the molecule is CCOc1cc(/C=N\NC(=O)COc2ccc(CC)cc2)ccc1OC(=O)c1ccc(Cl)cc1. The normalized spacial score (nSPS) is 10.7. The fourth-order valence-electron chi connectivity index (χ4n) is 2.88. The number of carbonyl (C=O) groups excluding carboxylic acids is 2. The van der Waals surface area contributed by atoms with E-state index in [0.717, 1.165) is 6.42 Å². The van der Waals surface area contributed by atoms with Crippen LogP contribution in [-0.4, -0.2) is 31.3 Å². The second kappa shape index (κ2) is 12.4. The summed E-state index contributed by atoms with van der Waals surface area (Å²) in [5.41, 5.74) is 4.62. The number of amides is 1. The minimum Gasteiger partial charge on any atom is -0.490 e. The van der Waals surface area contributed by atoms with Gasteiger partial charge in [0.2, 0.25) is 0 Å². The molecule has 0 aromatic heterocycles. The molecule has 0 unspecified atom stereocenters. The third kappa shape index (κ3) is 7.35. The summed E-state index contributed by atoms with van der Waals surface area (Å²) in [6, 6.07) is 18.9. The van der Waals surface area contributed by atoms with E-state index < -0.39 is 11.9 Å². The van der Waals surface area contributed by atoms with Gasteiger partial charge in [-0.05, 0) is 79.1 Å². The summed E-state index contributed by atoms with van der Waals surface area (Å²) in [5, 5.41) is 4.48. The van der Waals surface area contributed by atoms with E-state index in [1.165, 1.54) is 11.8 Å². The molecule has 0 aliphatic heterocycles. The van der Waals surface area contributed by atoms with Gasteiger partial charge in [0.1, 0.15) is 5.75 Å². The van der Waals surface area contributed by atoms with Crippen LogP contribution in [0.3, 0.4) is 0 Å². The Morgan fingerprint density at radius 3 is 2.35 bits per heavy atom. The first kappa shape index (κ1) is 24.8. The first-order valence-electron chi connectivity index (χ1n) is 10.8. The van der Waals surface area contributed by atoms with Crippen LogP contribution in [0.15, 0.2) is 71.8 Å². The van der Waals surface area contributed by atoms with Crippen LogP contribution in [0.1, 0.15) is 35.3 Å². The van der Waals surface area contributed by atoms with Gasteiger partial charge in [-0.2, -0.15) is 5.10 Å². The minimum absolute atomic E-state index is 0.160. The van der Waals surface area contributed by atoms with Crippen molar-refractivity contribution in [3.63, 3.8) is 0 Å². The number of halogens is 1. The zero-order valence-corrected chi connectivity index (χ0v) is 19.7. The lowest BCUT2D eigenvalue weighted by molar-refractivity contribution is -0.123. The number of benzene rings is 3. The average Bonchev–Trinajstić information content (AvgIpc) is 2.85. The molecule has 0 saturated heterocycles. The quantitative estimate of drug-likeness (QED) is 0.190. The maximum atomic E-state index is 12.4. The number of ether oxygens (including phenoxy) is 3. The number of hydrogen-bond donors (Lipinski definition) is 1. The third-order valence-electron chi connectivity index (χ3n) is 4.65. The first-order valence-corrected chi connectivity index (χ1v) is 11.1. The molecule has 0 radical (unpaired) electrons. The highest BCUT2D eigenvalue weighted by Gasteiger charge is 2.13. The second-order valence-corrected chi connectivity index (χ2v) is 7.55. The van der Waals surface area contributed by atoms with Gasteiger partial charge >= 0.3 is 5.97 Å². The van der Waals surface area contributed by atoms with Crippen molar-refractivity contribution < 1.29 is 23.8 Å². The number of carbonyl (C=O) groups is 2. The molecule has 0 atom stereocenters. The van der Waals surface area contributed by atoms with E-state index in [1.54, 1.807) is 42.5 Å². The lowest BCUT2D eigenvalue weighted by Gasteiger charge is -2.11. The molecular formula is C26H25ClN2O5. The number of aryl methyl sites for hydroxylation is 1. The lowest BCUT2D eigenvalue weighted by Crippen LogP contribution is -2.24. The maximum Gasteiger partial charge on any atom is 0.343 e. The average molecular weight is 481 g/mol. The van der Waals surface area contributed by atoms with Gasteiger partial charge in [-0.1, -0.05) is 30.7 Å². The zero-order valence-electron chi connectivity index (χ0n) is 18.9. The smallest absolute Gasteiger partial charge is 0.343 e. The van der Waals surface area contributed by atoms with Gasteiger partial charge in [0.15, 0.2) is 18.1 Å². The summed E-state index contributed by atoms with van der Waals surface area (Å²) in [6.07, 6.45) is 2.40. The van der Waals surface area contributed by atoms with Crippen molar-refractivity contribution in [2.24, 2.45) is 5.10 Å². The minimum atomic E-state index is -0.532. The summed E-state index contributed by atoms with van der Waals surface area (Å²) in [7, 11) is 0. The van der Waals surface area contributed by atoms with Gasteiger partial charge in [0.25, 0.3) is 5.91 Å². The predicted octanol–water partition coefficient (Wildman–Crippen LogP) is 5.05.